The van der Waals surface area contributed by atoms with E-state index in [0.717, 1.165) is 17.8 Å². The minimum absolute atomic E-state index is 0.0133. The van der Waals surface area contributed by atoms with Gasteiger partial charge in [0.05, 0.1) is 18.5 Å². The Kier molecular flexibility index (Phi) is 3.23. The topological polar surface area (TPSA) is 68.3 Å². The number of aromatic carboxylic acids is 1. The summed E-state index contributed by atoms with van der Waals surface area (Å²) >= 11 is 0. The van der Waals surface area contributed by atoms with Crippen molar-refractivity contribution >= 4 is 5.97 Å². The van der Waals surface area contributed by atoms with Gasteiger partial charge in [0, 0.05) is 11.3 Å². The Balaban J connectivity index is 2.34. The monoisotopic (exact) mass is 248 g/mol. The SMILES string of the molecule is CCc1c(C)nn(Cc2ccoc2C(=O)O)c1C. The average molecular weight is 248 g/mol. The van der Waals surface area contributed by atoms with Crippen LogP contribution in [0.3, 0.4) is 0 Å². The Morgan fingerprint density at radius 2 is 2.22 bits per heavy atom. The molecular weight excluding hydrogens is 232 g/mol. The van der Waals surface area contributed by atoms with Crippen molar-refractivity contribution in [2.45, 2.75) is 33.7 Å². The molecule has 18 heavy (non-hydrogen) atoms. The second-order valence-electron chi connectivity index (χ2n) is 4.24. The fourth-order valence-corrected chi connectivity index (χ4v) is 2.21. The highest BCUT2D eigenvalue weighted by atomic mass is 16.4. The number of furan rings is 1. The van der Waals surface area contributed by atoms with Crippen molar-refractivity contribution in [1.82, 2.24) is 9.78 Å². The molecule has 0 unspecified atom stereocenters. The first kappa shape index (κ1) is 12.4. The second-order valence-corrected chi connectivity index (χ2v) is 4.24. The van der Waals surface area contributed by atoms with E-state index in [2.05, 4.69) is 12.0 Å². The normalized spacial score (nSPS) is 10.8. The maximum absolute atomic E-state index is 11.0. The van der Waals surface area contributed by atoms with Crippen LogP contribution in [-0.2, 0) is 13.0 Å². The van der Waals surface area contributed by atoms with Crippen LogP contribution in [0.2, 0.25) is 0 Å². The van der Waals surface area contributed by atoms with Crippen molar-refractivity contribution < 1.29 is 14.3 Å². The van der Waals surface area contributed by atoms with Crippen molar-refractivity contribution in [3.63, 3.8) is 0 Å². The van der Waals surface area contributed by atoms with Crippen LogP contribution in [0.4, 0.5) is 0 Å². The predicted molar refractivity (Wildman–Crippen MR) is 65.8 cm³/mol. The summed E-state index contributed by atoms with van der Waals surface area (Å²) in [6.07, 6.45) is 2.32. The maximum atomic E-state index is 11.0. The molecule has 5 heteroatoms. The molecule has 0 amide bonds. The van der Waals surface area contributed by atoms with Gasteiger partial charge in [-0.2, -0.15) is 5.10 Å². The fourth-order valence-electron chi connectivity index (χ4n) is 2.21. The number of nitrogens with zero attached hydrogens (tertiary/aromatic N) is 2. The van der Waals surface area contributed by atoms with Crippen LogP contribution >= 0.6 is 0 Å². The summed E-state index contributed by atoms with van der Waals surface area (Å²) in [6, 6.07) is 1.67. The Labute approximate surface area is 105 Å². The van der Waals surface area contributed by atoms with E-state index in [0.29, 0.717) is 12.1 Å². The lowest BCUT2D eigenvalue weighted by molar-refractivity contribution is 0.0660. The van der Waals surface area contributed by atoms with E-state index in [4.69, 9.17) is 9.52 Å². The Hall–Kier alpha value is -2.04. The zero-order valence-corrected chi connectivity index (χ0v) is 10.7. The van der Waals surface area contributed by atoms with E-state index < -0.39 is 5.97 Å². The molecule has 0 aliphatic heterocycles. The molecule has 5 nitrogen and oxygen atoms in total. The molecule has 0 aliphatic carbocycles. The third-order valence-electron chi connectivity index (χ3n) is 3.15. The molecule has 0 radical (unpaired) electrons. The molecule has 1 N–H and O–H groups in total. The molecule has 96 valence electrons. The van der Waals surface area contributed by atoms with Crippen LogP contribution in [0, 0.1) is 13.8 Å². The van der Waals surface area contributed by atoms with Crippen LogP contribution < -0.4 is 0 Å². The van der Waals surface area contributed by atoms with Gasteiger partial charge in [-0.1, -0.05) is 6.92 Å². The number of carboxylic acid groups (broad SMARTS) is 1. The van der Waals surface area contributed by atoms with Gasteiger partial charge in [-0.3, -0.25) is 4.68 Å². The van der Waals surface area contributed by atoms with Crippen molar-refractivity contribution in [1.29, 1.82) is 0 Å². The van der Waals surface area contributed by atoms with E-state index in [1.165, 1.54) is 11.8 Å². The minimum atomic E-state index is -1.05. The van der Waals surface area contributed by atoms with Gasteiger partial charge in [0.25, 0.3) is 0 Å². The molecule has 2 rings (SSSR count). The molecule has 0 aliphatic rings. The van der Waals surface area contributed by atoms with E-state index in [1.54, 1.807) is 6.07 Å². The highest BCUT2D eigenvalue weighted by molar-refractivity contribution is 5.86. The molecule has 0 spiro atoms. The second kappa shape index (κ2) is 4.68. The van der Waals surface area contributed by atoms with Crippen molar-refractivity contribution in [2.24, 2.45) is 0 Å². The number of hydrogen-bond donors (Lipinski definition) is 1. The molecular formula is C13H16N2O3. The standard InChI is InChI=1S/C13H16N2O3/c1-4-11-8(2)14-15(9(11)3)7-10-5-6-18-12(10)13(16)17/h5-6H,4,7H2,1-3H3,(H,16,17). The predicted octanol–water partition coefficient (Wildman–Crippen LogP) is 2.40. The lowest BCUT2D eigenvalue weighted by atomic mass is 10.1. The molecule has 2 aromatic rings. The van der Waals surface area contributed by atoms with E-state index in [1.807, 2.05) is 18.5 Å². The summed E-state index contributed by atoms with van der Waals surface area (Å²) in [5.74, 6) is -1.06. The van der Waals surface area contributed by atoms with E-state index >= 15 is 0 Å². The highest BCUT2D eigenvalue weighted by Gasteiger charge is 2.16. The number of hydrogen-bond acceptors (Lipinski definition) is 3. The maximum Gasteiger partial charge on any atom is 0.372 e. The van der Waals surface area contributed by atoms with Crippen molar-refractivity contribution in [2.75, 3.05) is 0 Å². The summed E-state index contributed by atoms with van der Waals surface area (Å²) in [6.45, 7) is 6.47. The first-order valence-electron chi connectivity index (χ1n) is 5.87. The van der Waals surface area contributed by atoms with Crippen LogP contribution in [0.25, 0.3) is 0 Å². The molecule has 0 atom stereocenters. The Morgan fingerprint density at radius 3 is 2.78 bits per heavy atom. The van der Waals surface area contributed by atoms with Gasteiger partial charge in [0.1, 0.15) is 0 Å². The minimum Gasteiger partial charge on any atom is -0.475 e. The molecule has 0 saturated carbocycles. The largest absolute Gasteiger partial charge is 0.475 e. The summed E-state index contributed by atoms with van der Waals surface area (Å²) in [4.78, 5) is 11.0. The van der Waals surface area contributed by atoms with Gasteiger partial charge < -0.3 is 9.52 Å². The molecule has 2 heterocycles. The van der Waals surface area contributed by atoms with Gasteiger partial charge in [0.2, 0.25) is 5.76 Å². The third kappa shape index (κ3) is 2.03. The number of aryl methyl sites for hydroxylation is 1. The summed E-state index contributed by atoms with van der Waals surface area (Å²) in [7, 11) is 0. The van der Waals surface area contributed by atoms with Gasteiger partial charge >= 0.3 is 5.97 Å². The highest BCUT2D eigenvalue weighted by Crippen LogP contribution is 2.17. The van der Waals surface area contributed by atoms with Gasteiger partial charge in [-0.25, -0.2) is 4.79 Å². The van der Waals surface area contributed by atoms with Crippen LogP contribution in [0.1, 0.15) is 40.0 Å². The number of rotatable bonds is 4. The fraction of sp³-hybridized carbons (Fsp3) is 0.385. The van der Waals surface area contributed by atoms with Crippen molar-refractivity contribution in [3.05, 3.63) is 40.6 Å². The number of carbonyl (C=O) groups is 1. The van der Waals surface area contributed by atoms with Gasteiger partial charge in [0.15, 0.2) is 0 Å². The quantitative estimate of drug-likeness (QED) is 0.902. The zero-order valence-electron chi connectivity index (χ0n) is 10.7. The smallest absolute Gasteiger partial charge is 0.372 e. The zero-order chi connectivity index (χ0) is 13.3. The summed E-state index contributed by atoms with van der Waals surface area (Å²) in [5, 5.41) is 13.4. The van der Waals surface area contributed by atoms with E-state index in [9.17, 15) is 4.79 Å². The van der Waals surface area contributed by atoms with Gasteiger partial charge in [-0.15, -0.1) is 0 Å². The third-order valence-corrected chi connectivity index (χ3v) is 3.15. The molecule has 0 bridgehead atoms. The molecule has 0 saturated heterocycles. The number of aromatic nitrogens is 2. The van der Waals surface area contributed by atoms with Crippen LogP contribution in [-0.4, -0.2) is 20.9 Å². The molecule has 0 fully saturated rings. The lowest BCUT2D eigenvalue weighted by Gasteiger charge is -2.04. The Bertz CT molecular complexity index is 581. The van der Waals surface area contributed by atoms with Gasteiger partial charge in [-0.05, 0) is 31.9 Å². The van der Waals surface area contributed by atoms with Crippen LogP contribution in [0.5, 0.6) is 0 Å². The van der Waals surface area contributed by atoms with Crippen LogP contribution in [0.15, 0.2) is 16.7 Å². The van der Waals surface area contributed by atoms with Crippen molar-refractivity contribution in [3.8, 4) is 0 Å². The molecule has 2 aromatic heterocycles. The number of carboxylic acids is 1. The van der Waals surface area contributed by atoms with E-state index in [-0.39, 0.29) is 5.76 Å². The Morgan fingerprint density at radius 1 is 1.50 bits per heavy atom. The first-order valence-corrected chi connectivity index (χ1v) is 5.87. The summed E-state index contributed by atoms with van der Waals surface area (Å²) < 4.78 is 6.79. The lowest BCUT2D eigenvalue weighted by Crippen LogP contribution is -2.07. The first-order chi connectivity index (χ1) is 8.54. The summed E-state index contributed by atoms with van der Waals surface area (Å²) in [5.41, 5.74) is 3.93. The average Bonchev–Trinajstić information content (AvgIpc) is 2.86. The molecule has 0 aromatic carbocycles.